The van der Waals surface area contributed by atoms with Crippen molar-refractivity contribution in [2.24, 2.45) is 17.3 Å². The molecule has 14 heteroatoms. The van der Waals surface area contributed by atoms with Crippen LogP contribution in [0.2, 0.25) is 0 Å². The molecule has 1 unspecified atom stereocenters. The number of benzene rings is 1. The van der Waals surface area contributed by atoms with E-state index in [4.69, 9.17) is 9.47 Å². The second kappa shape index (κ2) is 18.5. The molecular formula is C39H59N5O9. The number of nitrogens with zero attached hydrogens (tertiary/aromatic N) is 3. The molecule has 5 amide bonds. The van der Waals surface area contributed by atoms with Crippen LogP contribution in [0, 0.1) is 17.3 Å². The first-order valence-electron chi connectivity index (χ1n) is 18.7. The second-order valence-electron chi connectivity index (χ2n) is 15.5. The Morgan fingerprint density at radius 1 is 0.849 bits per heavy atom. The van der Waals surface area contributed by atoms with Gasteiger partial charge in [-0.3, -0.25) is 33.6 Å². The fourth-order valence-corrected chi connectivity index (χ4v) is 6.98. The van der Waals surface area contributed by atoms with Crippen LogP contribution in [0.15, 0.2) is 30.3 Å². The summed E-state index contributed by atoms with van der Waals surface area (Å²) >= 11 is 0. The predicted octanol–water partition coefficient (Wildman–Crippen LogP) is 2.47. The average Bonchev–Trinajstić information content (AvgIpc) is 3.60. The van der Waals surface area contributed by atoms with E-state index in [-0.39, 0.29) is 18.9 Å². The standard InChI is InChI=1S/C39H59N5O9/c1-11-16-29-39(7,8)38(51)53-32(24(4)5)34(47)41-25(6)35(48)43(10)31(23(2)3)37(50)44-20-15-19-27(44)36(49)42(9)28(21-26-17-13-12-14-18-26)33(46)40-22-30(45)52-29/h12-14,17-18,23-25,27-29,31-32H,11,15-16,19-22H2,1-10H3,(H,40,46)(H,41,47)/t25-,27-,28+,29?,31-,32-/m0/s1. The van der Waals surface area contributed by atoms with E-state index in [9.17, 15) is 33.6 Å². The zero-order valence-electron chi connectivity index (χ0n) is 33.0. The minimum absolute atomic E-state index is 0.133. The maximum absolute atomic E-state index is 14.3. The Labute approximate surface area is 313 Å². The largest absolute Gasteiger partial charge is 0.460 e. The highest BCUT2D eigenvalue weighted by atomic mass is 16.6. The van der Waals surface area contributed by atoms with Gasteiger partial charge in [0, 0.05) is 27.1 Å². The van der Waals surface area contributed by atoms with Crippen LogP contribution < -0.4 is 10.6 Å². The van der Waals surface area contributed by atoms with Crippen molar-refractivity contribution in [1.29, 1.82) is 0 Å². The van der Waals surface area contributed by atoms with Gasteiger partial charge in [-0.25, -0.2) is 0 Å². The smallest absolute Gasteiger partial charge is 0.325 e. The zero-order chi connectivity index (χ0) is 39.8. The molecular weight excluding hydrogens is 682 g/mol. The van der Waals surface area contributed by atoms with Crippen LogP contribution in [-0.2, 0) is 49.5 Å². The van der Waals surface area contributed by atoms with Crippen LogP contribution >= 0.6 is 0 Å². The van der Waals surface area contributed by atoms with Crippen molar-refractivity contribution in [1.82, 2.24) is 25.3 Å². The van der Waals surface area contributed by atoms with Gasteiger partial charge in [-0.1, -0.05) is 71.4 Å². The summed E-state index contributed by atoms with van der Waals surface area (Å²) in [5.74, 6) is -5.15. The first-order chi connectivity index (χ1) is 24.8. The molecule has 2 saturated heterocycles. The number of hydrogen-bond donors (Lipinski definition) is 2. The number of fused-ring (bicyclic) bond motifs is 1. The van der Waals surface area contributed by atoms with E-state index >= 15 is 0 Å². The number of nitrogens with one attached hydrogen (secondary N) is 2. The molecule has 2 aliphatic heterocycles. The Kier molecular flexibility index (Phi) is 15.0. The topological polar surface area (TPSA) is 172 Å². The van der Waals surface area contributed by atoms with Crippen molar-refractivity contribution < 1.29 is 43.0 Å². The molecule has 1 aromatic carbocycles. The molecule has 0 saturated carbocycles. The average molecular weight is 742 g/mol. The molecule has 53 heavy (non-hydrogen) atoms. The van der Waals surface area contributed by atoms with Gasteiger partial charge in [-0.15, -0.1) is 0 Å². The summed E-state index contributed by atoms with van der Waals surface area (Å²) in [6.45, 7) is 13.2. The number of carbonyl (C=O) groups excluding carboxylic acids is 7. The number of hydrogen-bond acceptors (Lipinski definition) is 9. The second-order valence-corrected chi connectivity index (χ2v) is 15.5. The van der Waals surface area contributed by atoms with Gasteiger partial charge < -0.3 is 34.8 Å². The fraction of sp³-hybridized carbons (Fsp3) is 0.667. The lowest BCUT2D eigenvalue weighted by Crippen LogP contribution is -2.60. The van der Waals surface area contributed by atoms with Gasteiger partial charge in [0.1, 0.15) is 36.8 Å². The first-order valence-corrected chi connectivity index (χ1v) is 18.7. The summed E-state index contributed by atoms with van der Waals surface area (Å²) in [6, 6.07) is 5.13. The molecule has 294 valence electrons. The number of cyclic esters (lactones) is 2. The summed E-state index contributed by atoms with van der Waals surface area (Å²) < 4.78 is 11.5. The summed E-state index contributed by atoms with van der Waals surface area (Å²) in [5.41, 5.74) is -0.623. The van der Waals surface area contributed by atoms with E-state index in [0.717, 1.165) is 5.56 Å². The number of rotatable bonds is 6. The van der Waals surface area contributed by atoms with Crippen molar-refractivity contribution in [2.75, 3.05) is 27.2 Å². The van der Waals surface area contributed by atoms with Crippen LogP contribution in [0.5, 0.6) is 0 Å². The highest BCUT2D eigenvalue weighted by Crippen LogP contribution is 2.31. The van der Waals surface area contributed by atoms with Crippen LogP contribution in [0.25, 0.3) is 0 Å². The molecule has 6 atom stereocenters. The van der Waals surface area contributed by atoms with Crippen molar-refractivity contribution >= 4 is 41.5 Å². The Hall–Kier alpha value is -4.49. The minimum Gasteiger partial charge on any atom is -0.460 e. The first kappa shape index (κ1) is 42.9. The van der Waals surface area contributed by atoms with Gasteiger partial charge in [0.15, 0.2) is 6.10 Å². The van der Waals surface area contributed by atoms with Crippen molar-refractivity contribution in [3.8, 4) is 0 Å². The number of amides is 5. The third-order valence-electron chi connectivity index (χ3n) is 10.2. The molecule has 2 heterocycles. The Morgan fingerprint density at radius 2 is 1.49 bits per heavy atom. The monoisotopic (exact) mass is 741 g/mol. The predicted molar refractivity (Wildman–Crippen MR) is 197 cm³/mol. The van der Waals surface area contributed by atoms with Crippen molar-refractivity contribution in [3.63, 3.8) is 0 Å². The van der Waals surface area contributed by atoms with Crippen molar-refractivity contribution in [2.45, 2.75) is 124 Å². The van der Waals surface area contributed by atoms with Gasteiger partial charge in [0.2, 0.25) is 23.6 Å². The van der Waals surface area contributed by atoms with E-state index in [1.807, 2.05) is 37.3 Å². The molecule has 2 aliphatic rings. The van der Waals surface area contributed by atoms with Crippen LogP contribution in [-0.4, -0.2) is 120 Å². The van der Waals surface area contributed by atoms with Crippen LogP contribution in [0.4, 0.5) is 0 Å². The normalized spacial score (nSPS) is 27.5. The zero-order valence-corrected chi connectivity index (χ0v) is 33.0. The lowest BCUT2D eigenvalue weighted by Gasteiger charge is -2.38. The van der Waals surface area contributed by atoms with E-state index in [1.165, 1.54) is 35.7 Å². The van der Waals surface area contributed by atoms with Crippen LogP contribution in [0.1, 0.15) is 86.6 Å². The molecule has 2 fully saturated rings. The molecule has 1 aromatic rings. The summed E-state index contributed by atoms with van der Waals surface area (Å²) in [4.78, 5) is 101. The van der Waals surface area contributed by atoms with Crippen molar-refractivity contribution in [3.05, 3.63) is 35.9 Å². The molecule has 14 nitrogen and oxygen atoms in total. The number of esters is 2. The molecule has 3 rings (SSSR count). The quantitative estimate of drug-likeness (QED) is 0.416. The Balaban J connectivity index is 2.08. The lowest BCUT2D eigenvalue weighted by atomic mass is 9.84. The number of carbonyl (C=O) groups is 7. The molecule has 0 aromatic heterocycles. The third-order valence-corrected chi connectivity index (χ3v) is 10.2. The van der Waals surface area contributed by atoms with Gasteiger partial charge in [0.25, 0.3) is 5.91 Å². The lowest BCUT2D eigenvalue weighted by molar-refractivity contribution is -0.179. The minimum atomic E-state index is -1.40. The maximum atomic E-state index is 14.3. The molecule has 0 radical (unpaired) electrons. The van der Waals surface area contributed by atoms with E-state index in [1.54, 1.807) is 41.5 Å². The molecule has 0 bridgehead atoms. The number of likely N-dealkylation sites (N-methyl/N-ethyl adjacent to an activating group) is 2. The highest BCUT2D eigenvalue weighted by molar-refractivity contribution is 5.97. The Morgan fingerprint density at radius 3 is 2.08 bits per heavy atom. The third kappa shape index (κ3) is 10.3. The number of ether oxygens (including phenoxy) is 2. The Bertz CT molecular complexity index is 1500. The van der Waals surface area contributed by atoms with E-state index in [2.05, 4.69) is 10.6 Å². The highest BCUT2D eigenvalue weighted by Gasteiger charge is 2.45. The molecule has 0 spiro atoms. The van der Waals surface area contributed by atoms with Gasteiger partial charge >= 0.3 is 11.9 Å². The summed E-state index contributed by atoms with van der Waals surface area (Å²) in [6.07, 6.45) is -0.373. The molecule has 2 N–H and O–H groups in total. The molecule has 0 aliphatic carbocycles. The van der Waals surface area contributed by atoms with Gasteiger partial charge in [0.05, 0.1) is 5.41 Å². The van der Waals surface area contributed by atoms with E-state index < -0.39 is 95.7 Å². The fourth-order valence-electron chi connectivity index (χ4n) is 6.98. The summed E-state index contributed by atoms with van der Waals surface area (Å²) in [7, 11) is 2.99. The van der Waals surface area contributed by atoms with Gasteiger partial charge in [-0.2, -0.15) is 0 Å². The van der Waals surface area contributed by atoms with E-state index in [0.29, 0.717) is 25.7 Å². The van der Waals surface area contributed by atoms with Gasteiger partial charge in [-0.05, 0) is 57.4 Å². The maximum Gasteiger partial charge on any atom is 0.325 e. The summed E-state index contributed by atoms with van der Waals surface area (Å²) in [5, 5.41) is 5.29. The SMILES string of the molecule is CCCC1OC(=O)CNC(=O)[C@@H](Cc2ccccc2)N(C)C(=O)[C@@H]2CCCN2C(=O)[C@H](C(C)C)N(C)C(=O)[C@H](C)NC(=O)[C@H](C(C)C)OC(=O)C1(C)C. The van der Waals surface area contributed by atoms with Crippen LogP contribution in [0.3, 0.4) is 0 Å².